The molecule has 0 saturated carbocycles. The Balaban J connectivity index is 1.26. The third-order valence-electron chi connectivity index (χ3n) is 7.11. The molecule has 7 heteroatoms. The molecule has 0 radical (unpaired) electrons. The van der Waals surface area contributed by atoms with Crippen molar-refractivity contribution >= 4 is 11.6 Å². The molecule has 0 unspecified atom stereocenters. The highest BCUT2D eigenvalue weighted by molar-refractivity contribution is 5.82. The second kappa shape index (κ2) is 11.8. The van der Waals surface area contributed by atoms with Gasteiger partial charge in [0.2, 0.25) is 12.7 Å². The minimum atomic E-state index is -0.103. The predicted octanol–water partition coefficient (Wildman–Crippen LogP) is 3.56. The Morgan fingerprint density at radius 3 is 2.49 bits per heavy atom. The van der Waals surface area contributed by atoms with Crippen molar-refractivity contribution in [2.45, 2.75) is 65.2 Å². The second-order valence-electron chi connectivity index (χ2n) is 9.69. The Labute approximate surface area is 209 Å². The molecule has 2 aliphatic rings. The van der Waals surface area contributed by atoms with Crippen molar-refractivity contribution in [3.8, 4) is 11.5 Å². The van der Waals surface area contributed by atoms with Crippen LogP contribution < -0.4 is 25.0 Å². The van der Waals surface area contributed by atoms with E-state index in [0.717, 1.165) is 56.1 Å². The number of amides is 1. The number of fused-ring (bicyclic) bond motifs is 1. The van der Waals surface area contributed by atoms with Gasteiger partial charge in [-0.15, -0.1) is 0 Å². The monoisotopic (exact) mass is 480 g/mol. The van der Waals surface area contributed by atoms with Gasteiger partial charge in [-0.3, -0.25) is 9.69 Å². The smallest absolute Gasteiger partial charge is 0.237 e. The van der Waals surface area contributed by atoms with Crippen LogP contribution in [0.3, 0.4) is 0 Å². The lowest BCUT2D eigenvalue weighted by Crippen LogP contribution is -2.46. The Hall–Kier alpha value is -2.77. The molecule has 35 heavy (non-hydrogen) atoms. The Kier molecular flexibility index (Phi) is 8.52. The standard InChI is InChI=1S/C28H40N4O3/c1-5-31(6-2)24-10-7-22(8-11-24)17-30-23-16-25(32(18-23)20(3)4)28(33)29-14-13-21-9-12-26-27(15-21)35-19-34-26/h7-12,15,20,23,25,30H,5-6,13-14,16-19H2,1-4H3,(H,29,33)/t23-,25+/m1/s1. The summed E-state index contributed by atoms with van der Waals surface area (Å²) in [7, 11) is 0. The number of carbonyl (C=O) groups is 1. The van der Waals surface area contributed by atoms with Crippen LogP contribution in [0, 0.1) is 0 Å². The van der Waals surface area contributed by atoms with Gasteiger partial charge in [-0.05, 0) is 75.9 Å². The van der Waals surface area contributed by atoms with Gasteiger partial charge >= 0.3 is 0 Å². The Bertz CT molecular complexity index is 975. The number of nitrogens with one attached hydrogen (secondary N) is 2. The molecule has 190 valence electrons. The Morgan fingerprint density at radius 1 is 1.06 bits per heavy atom. The molecule has 1 fully saturated rings. The summed E-state index contributed by atoms with van der Waals surface area (Å²) in [4.78, 5) is 17.8. The molecule has 2 aromatic rings. The first-order chi connectivity index (χ1) is 17.0. The number of carbonyl (C=O) groups excluding carboxylic acids is 1. The molecule has 2 N–H and O–H groups in total. The van der Waals surface area contributed by atoms with Crippen LogP contribution in [0.2, 0.25) is 0 Å². The summed E-state index contributed by atoms with van der Waals surface area (Å²) in [6, 6.07) is 15.3. The van der Waals surface area contributed by atoms with E-state index < -0.39 is 0 Å². The van der Waals surface area contributed by atoms with Gasteiger partial charge in [0.05, 0.1) is 6.04 Å². The molecule has 2 heterocycles. The zero-order chi connectivity index (χ0) is 24.8. The van der Waals surface area contributed by atoms with Gasteiger partial charge in [0.15, 0.2) is 11.5 Å². The van der Waals surface area contributed by atoms with Gasteiger partial charge in [0.25, 0.3) is 0 Å². The highest BCUT2D eigenvalue weighted by Gasteiger charge is 2.37. The van der Waals surface area contributed by atoms with Crippen molar-refractivity contribution in [2.75, 3.05) is 37.9 Å². The fourth-order valence-electron chi connectivity index (χ4n) is 5.06. The van der Waals surface area contributed by atoms with Gasteiger partial charge in [-0.2, -0.15) is 0 Å². The zero-order valence-electron chi connectivity index (χ0n) is 21.5. The van der Waals surface area contributed by atoms with Crippen LogP contribution in [0.1, 0.15) is 45.2 Å². The molecular weight excluding hydrogens is 440 g/mol. The molecule has 4 rings (SSSR count). The van der Waals surface area contributed by atoms with E-state index in [2.05, 4.69) is 72.4 Å². The lowest BCUT2D eigenvalue weighted by Gasteiger charge is -2.27. The van der Waals surface area contributed by atoms with Gasteiger partial charge in [-0.1, -0.05) is 18.2 Å². The van der Waals surface area contributed by atoms with Gasteiger partial charge in [0, 0.05) is 50.5 Å². The topological polar surface area (TPSA) is 66.1 Å². The maximum absolute atomic E-state index is 13.1. The molecule has 7 nitrogen and oxygen atoms in total. The maximum atomic E-state index is 13.1. The number of hydrogen-bond donors (Lipinski definition) is 2. The highest BCUT2D eigenvalue weighted by atomic mass is 16.7. The summed E-state index contributed by atoms with van der Waals surface area (Å²) < 4.78 is 10.8. The minimum absolute atomic E-state index is 0.103. The van der Waals surface area contributed by atoms with Crippen LogP contribution in [-0.2, 0) is 17.8 Å². The van der Waals surface area contributed by atoms with Crippen molar-refractivity contribution < 1.29 is 14.3 Å². The van der Waals surface area contributed by atoms with Crippen molar-refractivity contribution in [3.05, 3.63) is 53.6 Å². The van der Waals surface area contributed by atoms with Crippen LogP contribution in [0.25, 0.3) is 0 Å². The summed E-state index contributed by atoms with van der Waals surface area (Å²) in [5.74, 6) is 1.69. The quantitative estimate of drug-likeness (QED) is 0.513. The van der Waals surface area contributed by atoms with Crippen LogP contribution in [0.5, 0.6) is 11.5 Å². The SMILES string of the molecule is CCN(CC)c1ccc(CN[C@@H]2C[C@@H](C(=O)NCCc3ccc4c(c3)OCO4)N(C(C)C)C2)cc1. The van der Waals surface area contributed by atoms with Crippen LogP contribution in [-0.4, -0.2) is 61.9 Å². The first-order valence-corrected chi connectivity index (χ1v) is 13.0. The van der Waals surface area contributed by atoms with E-state index in [4.69, 9.17) is 9.47 Å². The van der Waals surface area contributed by atoms with Crippen molar-refractivity contribution in [3.63, 3.8) is 0 Å². The van der Waals surface area contributed by atoms with Crippen LogP contribution in [0.4, 0.5) is 5.69 Å². The third-order valence-corrected chi connectivity index (χ3v) is 7.11. The fourth-order valence-corrected chi connectivity index (χ4v) is 5.06. The molecule has 2 atom stereocenters. The summed E-state index contributed by atoms with van der Waals surface area (Å²) >= 11 is 0. The lowest BCUT2D eigenvalue weighted by molar-refractivity contribution is -0.126. The van der Waals surface area contributed by atoms with E-state index in [0.29, 0.717) is 18.6 Å². The molecule has 0 spiro atoms. The van der Waals surface area contributed by atoms with Gasteiger partial charge in [0.1, 0.15) is 0 Å². The third kappa shape index (κ3) is 6.27. The van der Waals surface area contributed by atoms with Crippen LogP contribution >= 0.6 is 0 Å². The molecular formula is C28H40N4O3. The van der Waals surface area contributed by atoms with Gasteiger partial charge in [-0.25, -0.2) is 0 Å². The summed E-state index contributed by atoms with van der Waals surface area (Å²) in [6.07, 6.45) is 1.59. The van der Waals surface area contributed by atoms with Crippen molar-refractivity contribution in [2.24, 2.45) is 0 Å². The van der Waals surface area contributed by atoms with Crippen LogP contribution in [0.15, 0.2) is 42.5 Å². The average Bonchev–Trinajstić information content (AvgIpc) is 3.51. The van der Waals surface area contributed by atoms with E-state index in [1.54, 1.807) is 0 Å². The Morgan fingerprint density at radius 2 is 1.77 bits per heavy atom. The first kappa shape index (κ1) is 25.3. The van der Waals surface area contributed by atoms with Gasteiger partial charge < -0.3 is 25.0 Å². The van der Waals surface area contributed by atoms with Crippen molar-refractivity contribution in [1.29, 1.82) is 0 Å². The number of nitrogens with zero attached hydrogens (tertiary/aromatic N) is 2. The molecule has 1 amide bonds. The molecule has 2 aliphatic heterocycles. The number of hydrogen-bond acceptors (Lipinski definition) is 6. The summed E-state index contributed by atoms with van der Waals surface area (Å²) in [6.45, 7) is 13.3. The summed E-state index contributed by atoms with van der Waals surface area (Å²) in [5, 5.41) is 6.85. The van der Waals surface area contributed by atoms with E-state index >= 15 is 0 Å². The van der Waals surface area contributed by atoms with E-state index in [1.165, 1.54) is 11.3 Å². The normalized spacial score (nSPS) is 19.3. The largest absolute Gasteiger partial charge is 0.454 e. The number of anilines is 1. The maximum Gasteiger partial charge on any atom is 0.237 e. The molecule has 2 aromatic carbocycles. The number of rotatable bonds is 11. The second-order valence-corrected chi connectivity index (χ2v) is 9.69. The van der Waals surface area contributed by atoms with E-state index in [1.807, 2.05) is 18.2 Å². The minimum Gasteiger partial charge on any atom is -0.454 e. The zero-order valence-corrected chi connectivity index (χ0v) is 21.5. The number of likely N-dealkylation sites (tertiary alicyclic amines) is 1. The lowest BCUT2D eigenvalue weighted by atomic mass is 10.1. The average molecular weight is 481 g/mol. The first-order valence-electron chi connectivity index (χ1n) is 13.0. The molecule has 0 aliphatic carbocycles. The number of ether oxygens (including phenoxy) is 2. The predicted molar refractivity (Wildman–Crippen MR) is 140 cm³/mol. The fraction of sp³-hybridized carbons (Fsp3) is 0.536. The number of benzene rings is 2. The molecule has 1 saturated heterocycles. The van der Waals surface area contributed by atoms with E-state index in [-0.39, 0.29) is 18.7 Å². The molecule has 0 aromatic heterocycles. The molecule has 0 bridgehead atoms. The van der Waals surface area contributed by atoms with E-state index in [9.17, 15) is 4.79 Å². The summed E-state index contributed by atoms with van der Waals surface area (Å²) in [5.41, 5.74) is 3.67. The van der Waals surface area contributed by atoms with Crippen molar-refractivity contribution in [1.82, 2.24) is 15.5 Å². The highest BCUT2D eigenvalue weighted by Crippen LogP contribution is 2.32.